The van der Waals surface area contributed by atoms with E-state index in [4.69, 9.17) is 4.74 Å². The number of benzene rings is 1. The van der Waals surface area contributed by atoms with E-state index < -0.39 is 0 Å². The molecule has 1 amide bonds. The third-order valence-electron chi connectivity index (χ3n) is 6.17. The molecular formula is C21H28N4O2. The molecule has 3 heterocycles. The summed E-state index contributed by atoms with van der Waals surface area (Å²) in [5, 5.41) is 0. The molecule has 1 spiro atoms. The normalized spacial score (nSPS) is 19.3. The second-order valence-corrected chi connectivity index (χ2v) is 7.69. The molecular weight excluding hydrogens is 340 g/mol. The molecule has 1 aromatic carbocycles. The van der Waals surface area contributed by atoms with Crippen LogP contribution < -0.4 is 0 Å². The number of hydrogen-bond acceptors (Lipinski definition) is 4. The Morgan fingerprint density at radius 1 is 1.26 bits per heavy atom. The zero-order chi connectivity index (χ0) is 18.9. The Balaban J connectivity index is 1.55. The molecule has 0 saturated carbocycles. The van der Waals surface area contributed by atoms with Gasteiger partial charge in [0, 0.05) is 45.4 Å². The summed E-state index contributed by atoms with van der Waals surface area (Å²) in [5.41, 5.74) is 4.66. The molecule has 0 aliphatic carbocycles. The molecule has 1 saturated heterocycles. The van der Waals surface area contributed by atoms with Crippen LogP contribution in [0.3, 0.4) is 0 Å². The molecule has 1 fully saturated rings. The molecule has 27 heavy (non-hydrogen) atoms. The number of nitrogens with one attached hydrogen (secondary N) is 1. The Labute approximate surface area is 160 Å². The number of H-pyrrole nitrogens is 1. The second kappa shape index (κ2) is 7.44. The molecule has 144 valence electrons. The molecule has 0 bridgehead atoms. The highest BCUT2D eigenvalue weighted by Gasteiger charge is 2.48. The van der Waals surface area contributed by atoms with Crippen LogP contribution in [-0.4, -0.2) is 59.0 Å². The first-order valence-electron chi connectivity index (χ1n) is 9.73. The largest absolute Gasteiger partial charge is 0.375 e. The van der Waals surface area contributed by atoms with Gasteiger partial charge in [0.2, 0.25) is 5.91 Å². The van der Waals surface area contributed by atoms with Gasteiger partial charge in [0.05, 0.1) is 17.6 Å². The number of fused-ring (bicyclic) bond motifs is 2. The van der Waals surface area contributed by atoms with E-state index in [2.05, 4.69) is 46.1 Å². The summed E-state index contributed by atoms with van der Waals surface area (Å²) in [6.07, 6.45) is 4.42. The topological polar surface area (TPSA) is 61.5 Å². The minimum absolute atomic E-state index is 0.0681. The summed E-state index contributed by atoms with van der Waals surface area (Å²) in [7, 11) is 1.58. The van der Waals surface area contributed by atoms with Gasteiger partial charge in [-0.1, -0.05) is 24.3 Å². The van der Waals surface area contributed by atoms with Gasteiger partial charge in [-0.2, -0.15) is 0 Å². The number of methoxy groups -OCH3 is 1. The van der Waals surface area contributed by atoms with Crippen molar-refractivity contribution in [2.45, 2.75) is 38.3 Å². The Kier molecular flexibility index (Phi) is 5.02. The molecule has 1 N–H and O–H groups in total. The molecule has 2 aliphatic rings. The molecule has 2 aliphatic heterocycles. The van der Waals surface area contributed by atoms with Crippen LogP contribution in [0.15, 0.2) is 30.6 Å². The zero-order valence-electron chi connectivity index (χ0n) is 16.2. The van der Waals surface area contributed by atoms with Gasteiger partial charge in [0.1, 0.15) is 6.61 Å². The van der Waals surface area contributed by atoms with Crippen molar-refractivity contribution >= 4 is 5.91 Å². The number of aryl methyl sites for hydroxylation is 1. The summed E-state index contributed by atoms with van der Waals surface area (Å²) >= 11 is 0. The molecule has 6 heteroatoms. The predicted molar refractivity (Wildman–Crippen MR) is 103 cm³/mol. The number of likely N-dealkylation sites (tertiary alicyclic amines) is 1. The van der Waals surface area contributed by atoms with Gasteiger partial charge in [-0.05, 0) is 30.9 Å². The quantitative estimate of drug-likeness (QED) is 0.899. The van der Waals surface area contributed by atoms with Crippen molar-refractivity contribution in [2.24, 2.45) is 0 Å². The number of piperidine rings is 1. The number of ether oxygens (including phenoxy) is 1. The highest BCUT2D eigenvalue weighted by Crippen LogP contribution is 2.42. The fourth-order valence-corrected chi connectivity index (χ4v) is 4.66. The van der Waals surface area contributed by atoms with Crippen molar-refractivity contribution in [3.8, 4) is 0 Å². The van der Waals surface area contributed by atoms with Gasteiger partial charge in [-0.3, -0.25) is 9.69 Å². The number of aromatic amines is 1. The van der Waals surface area contributed by atoms with Gasteiger partial charge in [-0.15, -0.1) is 0 Å². The van der Waals surface area contributed by atoms with Crippen molar-refractivity contribution < 1.29 is 9.53 Å². The van der Waals surface area contributed by atoms with Crippen molar-refractivity contribution in [3.05, 3.63) is 53.1 Å². The van der Waals surface area contributed by atoms with Gasteiger partial charge in [0.15, 0.2) is 0 Å². The fourth-order valence-electron chi connectivity index (χ4n) is 4.66. The van der Waals surface area contributed by atoms with E-state index >= 15 is 0 Å². The molecule has 2 aromatic rings. The monoisotopic (exact) mass is 368 g/mol. The van der Waals surface area contributed by atoms with Crippen LogP contribution in [0, 0.1) is 6.92 Å². The zero-order valence-corrected chi connectivity index (χ0v) is 16.2. The Hall–Kier alpha value is -2.18. The smallest absolute Gasteiger partial charge is 0.249 e. The van der Waals surface area contributed by atoms with E-state index in [1.807, 2.05) is 4.90 Å². The maximum absolute atomic E-state index is 12.8. The first-order valence-corrected chi connectivity index (χ1v) is 9.73. The van der Waals surface area contributed by atoms with Crippen LogP contribution in [0.1, 0.15) is 35.4 Å². The van der Waals surface area contributed by atoms with E-state index in [0.717, 1.165) is 51.1 Å². The van der Waals surface area contributed by atoms with Crippen molar-refractivity contribution in [2.75, 3.05) is 33.4 Å². The predicted octanol–water partition coefficient (Wildman–Crippen LogP) is 2.24. The number of nitrogens with zero attached hydrogens (tertiary/aromatic N) is 3. The minimum atomic E-state index is -0.300. The lowest BCUT2D eigenvalue weighted by atomic mass is 9.78. The first kappa shape index (κ1) is 18.2. The van der Waals surface area contributed by atoms with E-state index in [1.54, 1.807) is 13.4 Å². The molecule has 1 aromatic heterocycles. The van der Waals surface area contributed by atoms with Crippen LogP contribution in [-0.2, 0) is 28.0 Å². The third kappa shape index (κ3) is 3.28. The molecule has 0 atom stereocenters. The number of hydrogen-bond donors (Lipinski definition) is 1. The Bertz CT molecular complexity index is 808. The number of aromatic nitrogens is 2. The molecule has 6 nitrogen and oxygen atoms in total. The summed E-state index contributed by atoms with van der Waals surface area (Å²) in [4.78, 5) is 25.2. The molecule has 0 unspecified atom stereocenters. The number of imidazole rings is 1. The van der Waals surface area contributed by atoms with Gasteiger partial charge in [-0.25, -0.2) is 4.98 Å². The van der Waals surface area contributed by atoms with Crippen molar-refractivity contribution in [1.82, 2.24) is 19.8 Å². The maximum atomic E-state index is 12.8. The number of carbonyl (C=O) groups excluding carboxylic acids is 1. The van der Waals surface area contributed by atoms with Gasteiger partial charge >= 0.3 is 0 Å². The highest BCUT2D eigenvalue weighted by atomic mass is 16.5. The van der Waals surface area contributed by atoms with E-state index in [-0.39, 0.29) is 18.1 Å². The number of rotatable bonds is 4. The average molecular weight is 368 g/mol. The lowest BCUT2D eigenvalue weighted by molar-refractivity contribution is -0.146. The Morgan fingerprint density at radius 3 is 2.78 bits per heavy atom. The third-order valence-corrected chi connectivity index (χ3v) is 6.17. The van der Waals surface area contributed by atoms with Crippen LogP contribution in [0.4, 0.5) is 0 Å². The van der Waals surface area contributed by atoms with Crippen LogP contribution in [0.25, 0.3) is 0 Å². The van der Waals surface area contributed by atoms with Gasteiger partial charge in [0.25, 0.3) is 0 Å². The molecule has 0 radical (unpaired) electrons. The van der Waals surface area contributed by atoms with Crippen LogP contribution in [0.5, 0.6) is 0 Å². The molecule has 4 rings (SSSR count). The number of carbonyl (C=O) groups is 1. The highest BCUT2D eigenvalue weighted by molar-refractivity contribution is 5.79. The van der Waals surface area contributed by atoms with Crippen molar-refractivity contribution in [1.29, 1.82) is 0 Å². The van der Waals surface area contributed by atoms with E-state index in [0.29, 0.717) is 0 Å². The summed E-state index contributed by atoms with van der Waals surface area (Å²) < 4.78 is 5.14. The summed E-state index contributed by atoms with van der Waals surface area (Å²) in [6, 6.07) is 8.57. The minimum Gasteiger partial charge on any atom is -0.375 e. The first-order chi connectivity index (χ1) is 13.1. The standard InChI is InChI=1S/C21H28N4O2/c1-16-5-3-4-6-17(16)13-24-11-8-21(9-12-24)20-18(22-15-23-20)7-10-25(21)19(26)14-27-2/h3-6,15H,7-14H2,1-2H3,(H,22,23). The number of amides is 1. The summed E-state index contributed by atoms with van der Waals surface area (Å²) in [6.45, 7) is 5.91. The van der Waals surface area contributed by atoms with Crippen LogP contribution >= 0.6 is 0 Å². The lowest BCUT2D eigenvalue weighted by Gasteiger charge is -2.50. The SMILES string of the molecule is COCC(=O)N1CCc2[nH]cnc2C12CCN(Cc1ccccc1C)CC2. The van der Waals surface area contributed by atoms with Gasteiger partial charge < -0.3 is 14.6 Å². The Morgan fingerprint density at radius 2 is 2.04 bits per heavy atom. The summed E-state index contributed by atoms with van der Waals surface area (Å²) in [5.74, 6) is 0.0681. The average Bonchev–Trinajstić information content (AvgIpc) is 3.16. The fraction of sp³-hybridized carbons (Fsp3) is 0.524. The maximum Gasteiger partial charge on any atom is 0.249 e. The van der Waals surface area contributed by atoms with E-state index in [1.165, 1.54) is 16.8 Å². The lowest BCUT2D eigenvalue weighted by Crippen LogP contribution is -2.58. The van der Waals surface area contributed by atoms with Crippen molar-refractivity contribution in [3.63, 3.8) is 0 Å². The van der Waals surface area contributed by atoms with Crippen LogP contribution in [0.2, 0.25) is 0 Å². The second-order valence-electron chi connectivity index (χ2n) is 7.69. The van der Waals surface area contributed by atoms with E-state index in [9.17, 15) is 4.79 Å².